The van der Waals surface area contributed by atoms with Crippen molar-refractivity contribution >= 4 is 51.3 Å². The van der Waals surface area contributed by atoms with Crippen LogP contribution in [-0.2, 0) is 10.8 Å². The Labute approximate surface area is 256 Å². The number of thiol groups is 1. The number of nitrogens with zero attached hydrogens (tertiary/aromatic N) is 2. The Morgan fingerprint density at radius 2 is 1.33 bits per heavy atom. The Morgan fingerprint density at radius 1 is 0.714 bits per heavy atom. The van der Waals surface area contributed by atoms with Gasteiger partial charge in [0.15, 0.2) is 5.71 Å². The minimum atomic E-state index is -0.0881. The van der Waals surface area contributed by atoms with Crippen molar-refractivity contribution in [1.29, 1.82) is 0 Å². The van der Waals surface area contributed by atoms with Crippen LogP contribution in [0, 0.1) is 0 Å². The maximum Gasteiger partial charge on any atom is 0.210 e. The molecular formula is C39H41N2S+. The van der Waals surface area contributed by atoms with E-state index in [0.717, 1.165) is 18.7 Å². The van der Waals surface area contributed by atoms with Gasteiger partial charge >= 0.3 is 0 Å². The van der Waals surface area contributed by atoms with Crippen LogP contribution < -0.4 is 4.90 Å². The van der Waals surface area contributed by atoms with Crippen LogP contribution in [-0.4, -0.2) is 29.6 Å². The van der Waals surface area contributed by atoms with Gasteiger partial charge in [-0.05, 0) is 71.3 Å². The Hall–Kier alpha value is -3.82. The summed E-state index contributed by atoms with van der Waals surface area (Å²) in [4.78, 5) is 2.50. The van der Waals surface area contributed by atoms with Gasteiger partial charge in [0.25, 0.3) is 0 Å². The highest BCUT2D eigenvalue weighted by atomic mass is 32.1. The van der Waals surface area contributed by atoms with Gasteiger partial charge in [-0.25, -0.2) is 0 Å². The summed E-state index contributed by atoms with van der Waals surface area (Å²) >= 11 is 4.51. The van der Waals surface area contributed by atoms with Crippen LogP contribution in [0.2, 0.25) is 0 Å². The Morgan fingerprint density at radius 3 is 2.05 bits per heavy atom. The summed E-state index contributed by atoms with van der Waals surface area (Å²) in [6.45, 7) is 10.4. The topological polar surface area (TPSA) is 6.25 Å². The van der Waals surface area contributed by atoms with E-state index in [1.165, 1.54) is 55.5 Å². The first-order valence-electron chi connectivity index (χ1n) is 15.0. The number of anilines is 1. The third-order valence-corrected chi connectivity index (χ3v) is 9.46. The second kappa shape index (κ2) is 11.1. The molecule has 2 aliphatic heterocycles. The minimum Gasteiger partial charge on any atom is -0.344 e. The van der Waals surface area contributed by atoms with E-state index < -0.39 is 0 Å². The van der Waals surface area contributed by atoms with Crippen molar-refractivity contribution in [3.8, 4) is 0 Å². The number of benzene rings is 4. The molecule has 2 nitrogen and oxygen atoms in total. The summed E-state index contributed by atoms with van der Waals surface area (Å²) in [6.07, 6.45) is 16.4. The fraction of sp³-hybridized carbons (Fsp3) is 0.256. The lowest BCUT2D eigenvalue weighted by Gasteiger charge is -2.27. The van der Waals surface area contributed by atoms with Crippen molar-refractivity contribution in [2.45, 2.75) is 44.9 Å². The molecule has 3 heteroatoms. The van der Waals surface area contributed by atoms with Crippen LogP contribution in [0.1, 0.15) is 45.2 Å². The van der Waals surface area contributed by atoms with Gasteiger partial charge in [0, 0.05) is 41.1 Å². The SMILES string of the molecule is C[N+]1=C(C=CC=CC=CC=C2N(CCCS)c3ccc4ccccc4c3C2(C)C)C(C)(C)c2c1ccc1ccccc21. The first-order valence-corrected chi connectivity index (χ1v) is 15.7. The molecule has 0 atom stereocenters. The standard InChI is InChI=1S/C39H40N2S/c1-38(2)34(40(5)32-24-22-28-16-11-13-18-30(28)36(32)38)20-9-7-6-8-10-21-35-39(3,4)37-31-19-14-12-17-29(31)23-25-33(37)41(35)26-15-27-42/h6-14,16-25H,15,26-27H2,1-5H3/p+1. The van der Waals surface area contributed by atoms with E-state index in [4.69, 9.17) is 0 Å². The van der Waals surface area contributed by atoms with E-state index in [-0.39, 0.29) is 10.8 Å². The number of hydrogen-bond donors (Lipinski definition) is 1. The molecule has 0 radical (unpaired) electrons. The first kappa shape index (κ1) is 28.3. The van der Waals surface area contributed by atoms with Crippen LogP contribution in [0.3, 0.4) is 0 Å². The third kappa shape index (κ3) is 4.65. The number of rotatable bonds is 7. The van der Waals surface area contributed by atoms with Crippen LogP contribution in [0.15, 0.2) is 121 Å². The highest BCUT2D eigenvalue weighted by molar-refractivity contribution is 7.80. The van der Waals surface area contributed by atoms with Gasteiger partial charge in [-0.3, -0.25) is 0 Å². The molecule has 0 bridgehead atoms. The fourth-order valence-corrected chi connectivity index (χ4v) is 7.33. The number of hydrogen-bond acceptors (Lipinski definition) is 2. The van der Waals surface area contributed by atoms with Crippen molar-refractivity contribution in [3.05, 3.63) is 132 Å². The summed E-state index contributed by atoms with van der Waals surface area (Å²) < 4.78 is 2.34. The lowest BCUT2D eigenvalue weighted by atomic mass is 9.79. The highest BCUT2D eigenvalue weighted by Crippen LogP contribution is 2.50. The van der Waals surface area contributed by atoms with E-state index in [2.05, 4.69) is 172 Å². The Bertz CT molecular complexity index is 1830. The lowest BCUT2D eigenvalue weighted by molar-refractivity contribution is -0.401. The molecule has 6 rings (SSSR count). The average molecular weight is 570 g/mol. The van der Waals surface area contributed by atoms with E-state index in [0.29, 0.717) is 0 Å². The Balaban J connectivity index is 1.24. The van der Waals surface area contributed by atoms with Gasteiger partial charge in [-0.15, -0.1) is 0 Å². The molecule has 42 heavy (non-hydrogen) atoms. The largest absolute Gasteiger partial charge is 0.344 e. The zero-order valence-electron chi connectivity index (χ0n) is 25.4. The molecule has 2 heterocycles. The predicted octanol–water partition coefficient (Wildman–Crippen LogP) is 9.67. The molecule has 0 N–H and O–H groups in total. The number of fused-ring (bicyclic) bond motifs is 6. The van der Waals surface area contributed by atoms with Crippen LogP contribution in [0.5, 0.6) is 0 Å². The van der Waals surface area contributed by atoms with Crippen LogP contribution >= 0.6 is 12.6 Å². The van der Waals surface area contributed by atoms with Crippen molar-refractivity contribution < 1.29 is 4.58 Å². The van der Waals surface area contributed by atoms with Crippen molar-refractivity contribution in [2.24, 2.45) is 0 Å². The molecule has 4 aromatic carbocycles. The summed E-state index contributed by atoms with van der Waals surface area (Å²) in [5, 5.41) is 5.29. The second-order valence-corrected chi connectivity index (χ2v) is 12.9. The van der Waals surface area contributed by atoms with E-state index in [1.807, 2.05) is 0 Å². The lowest BCUT2D eigenvalue weighted by Crippen LogP contribution is -2.27. The smallest absolute Gasteiger partial charge is 0.210 e. The molecule has 0 unspecified atom stereocenters. The van der Waals surface area contributed by atoms with Gasteiger partial charge in [0.2, 0.25) is 5.69 Å². The third-order valence-electron chi connectivity index (χ3n) is 9.14. The van der Waals surface area contributed by atoms with Crippen molar-refractivity contribution in [3.63, 3.8) is 0 Å². The molecule has 0 amide bonds. The normalized spacial score (nSPS) is 18.5. The molecule has 2 aliphatic rings. The number of allylic oxidation sites excluding steroid dienone is 8. The summed E-state index contributed by atoms with van der Waals surface area (Å²) in [5.74, 6) is 0.879. The van der Waals surface area contributed by atoms with Crippen molar-refractivity contribution in [1.82, 2.24) is 0 Å². The molecule has 0 saturated heterocycles. The monoisotopic (exact) mass is 569 g/mol. The van der Waals surface area contributed by atoms with Gasteiger partial charge in [-0.2, -0.15) is 17.2 Å². The molecule has 0 aromatic heterocycles. The quantitative estimate of drug-likeness (QED) is 0.132. The van der Waals surface area contributed by atoms with E-state index in [1.54, 1.807) is 0 Å². The minimum absolute atomic E-state index is 0.0702. The fourth-order valence-electron chi connectivity index (χ4n) is 7.18. The zero-order valence-corrected chi connectivity index (χ0v) is 26.3. The summed E-state index contributed by atoms with van der Waals surface area (Å²) in [6, 6.07) is 26.5. The van der Waals surface area contributed by atoms with E-state index >= 15 is 0 Å². The molecule has 0 spiro atoms. The highest BCUT2D eigenvalue weighted by Gasteiger charge is 2.44. The van der Waals surface area contributed by atoms with Gasteiger partial charge in [0.05, 0.1) is 5.41 Å². The summed E-state index contributed by atoms with van der Waals surface area (Å²) in [7, 11) is 2.18. The van der Waals surface area contributed by atoms with Gasteiger partial charge in [0.1, 0.15) is 7.05 Å². The van der Waals surface area contributed by atoms with E-state index in [9.17, 15) is 0 Å². The average Bonchev–Trinajstić information content (AvgIpc) is 3.33. The molecule has 0 aliphatic carbocycles. The van der Waals surface area contributed by atoms with Gasteiger partial charge < -0.3 is 4.90 Å². The molecular weight excluding hydrogens is 529 g/mol. The van der Waals surface area contributed by atoms with Gasteiger partial charge in [-0.1, -0.05) is 98.8 Å². The second-order valence-electron chi connectivity index (χ2n) is 12.5. The Kier molecular flexibility index (Phi) is 7.49. The zero-order chi connectivity index (χ0) is 29.5. The predicted molar refractivity (Wildman–Crippen MR) is 186 cm³/mol. The molecule has 0 saturated carbocycles. The first-order chi connectivity index (χ1) is 20.3. The summed E-state index contributed by atoms with van der Waals surface area (Å²) in [5.41, 5.74) is 7.94. The maximum atomic E-state index is 4.51. The van der Waals surface area contributed by atoms with Crippen LogP contribution in [0.4, 0.5) is 11.4 Å². The maximum absolute atomic E-state index is 4.51. The van der Waals surface area contributed by atoms with Crippen molar-refractivity contribution in [2.75, 3.05) is 24.2 Å². The molecule has 212 valence electrons. The molecule has 0 fully saturated rings. The molecule has 4 aromatic rings. The van der Waals surface area contributed by atoms with Crippen LogP contribution in [0.25, 0.3) is 21.5 Å².